The zero-order valence-corrected chi connectivity index (χ0v) is 21.7. The third-order valence-corrected chi connectivity index (χ3v) is 7.91. The van der Waals surface area contributed by atoms with Gasteiger partial charge in [-0.3, -0.25) is 0 Å². The maximum Gasteiger partial charge on any atom is 0.442 e. The molecule has 0 aliphatic heterocycles. The molecule has 0 amide bonds. The lowest BCUT2D eigenvalue weighted by Crippen LogP contribution is -2.31. The van der Waals surface area contributed by atoms with Crippen molar-refractivity contribution in [3.63, 3.8) is 0 Å². The van der Waals surface area contributed by atoms with E-state index in [1.165, 1.54) is 31.4 Å². The van der Waals surface area contributed by atoms with Crippen molar-refractivity contribution in [1.82, 2.24) is 4.68 Å². The molecule has 0 aliphatic carbocycles. The molecule has 0 atom stereocenters. The second-order valence-corrected chi connectivity index (χ2v) is 11.4. The van der Waals surface area contributed by atoms with Gasteiger partial charge in [0.15, 0.2) is 5.82 Å². The first-order valence-electron chi connectivity index (χ1n) is 10.8. The van der Waals surface area contributed by atoms with Gasteiger partial charge in [0.25, 0.3) is 25.9 Å². The van der Waals surface area contributed by atoms with Crippen LogP contribution in [0.25, 0.3) is 0 Å². The number of sulfonamides is 2. The highest BCUT2D eigenvalue weighted by Crippen LogP contribution is 2.29. The van der Waals surface area contributed by atoms with Gasteiger partial charge in [-0.2, -0.15) is 13.1 Å². The van der Waals surface area contributed by atoms with Gasteiger partial charge < -0.3 is 14.5 Å². The number of nitrogens with one attached hydrogen (secondary N) is 3. The number of rotatable bonds is 9. The molecular weight excluding hydrogens is 520 g/mol. The predicted octanol–water partition coefficient (Wildman–Crippen LogP) is 3.54. The van der Waals surface area contributed by atoms with Crippen LogP contribution in [-0.2, 0) is 20.0 Å². The van der Waals surface area contributed by atoms with Crippen LogP contribution in [0.5, 0.6) is 5.75 Å². The molecule has 1 aromatic heterocycles. The quantitative estimate of drug-likeness (QED) is 0.290. The van der Waals surface area contributed by atoms with Gasteiger partial charge in [0.1, 0.15) is 5.75 Å². The number of hydrogen-bond acceptors (Lipinski definition) is 8. The van der Waals surface area contributed by atoms with Gasteiger partial charge in [0.05, 0.1) is 16.9 Å². The summed E-state index contributed by atoms with van der Waals surface area (Å²) in [4.78, 5) is 14.7. The molecular formula is C24H24N4O7S2. The SMILES string of the molecule is COc1cccc(Nc2c(NS(=O)(=O)c3ccc(C)cc3)oc(=O)n2NS(=O)(=O)c2ccc(C)cc2)c1. The van der Waals surface area contributed by atoms with Crippen LogP contribution in [0.15, 0.2) is 91.8 Å². The minimum absolute atomic E-state index is 0.0823. The number of methoxy groups -OCH3 is 1. The third-order valence-electron chi connectivity index (χ3n) is 5.24. The smallest absolute Gasteiger partial charge is 0.442 e. The topological polar surface area (TPSA) is 149 Å². The van der Waals surface area contributed by atoms with Crippen LogP contribution < -0.4 is 25.4 Å². The van der Waals surface area contributed by atoms with E-state index in [1.54, 1.807) is 62.4 Å². The molecule has 194 valence electrons. The zero-order chi connectivity index (χ0) is 26.8. The number of oxazole rings is 1. The number of benzene rings is 3. The number of anilines is 3. The summed E-state index contributed by atoms with van der Waals surface area (Å²) >= 11 is 0. The van der Waals surface area contributed by atoms with E-state index in [2.05, 4.69) is 14.9 Å². The summed E-state index contributed by atoms with van der Waals surface area (Å²) in [5, 5.41) is 2.84. The Morgan fingerprint density at radius 3 is 1.95 bits per heavy atom. The average Bonchev–Trinajstić information content (AvgIpc) is 3.12. The van der Waals surface area contributed by atoms with E-state index in [-0.39, 0.29) is 15.6 Å². The Morgan fingerprint density at radius 2 is 1.38 bits per heavy atom. The Morgan fingerprint density at radius 1 is 0.811 bits per heavy atom. The van der Waals surface area contributed by atoms with Crippen molar-refractivity contribution in [1.29, 1.82) is 0 Å². The standard InChI is InChI=1S/C24H24N4O7S2/c1-16-7-11-20(12-8-16)36(30,31)26-23-22(25-18-5-4-6-19(15-18)34-3)28(24(29)35-23)27-37(32,33)21-13-9-17(2)10-14-21/h4-15,25-27H,1-3H3. The summed E-state index contributed by atoms with van der Waals surface area (Å²) in [5.41, 5.74) is 2.05. The van der Waals surface area contributed by atoms with E-state index in [9.17, 15) is 21.6 Å². The molecule has 0 fully saturated rings. The molecule has 4 rings (SSSR count). The summed E-state index contributed by atoms with van der Waals surface area (Å²) in [6.45, 7) is 3.60. The maximum atomic E-state index is 13.0. The van der Waals surface area contributed by atoms with Crippen molar-refractivity contribution in [2.45, 2.75) is 23.6 Å². The van der Waals surface area contributed by atoms with Gasteiger partial charge in [-0.1, -0.05) is 41.5 Å². The van der Waals surface area contributed by atoms with E-state index in [0.29, 0.717) is 16.1 Å². The Balaban J connectivity index is 1.79. The number of nitrogens with zero attached hydrogens (tertiary/aromatic N) is 1. The largest absolute Gasteiger partial charge is 0.497 e. The van der Waals surface area contributed by atoms with Crippen molar-refractivity contribution in [3.05, 3.63) is 94.5 Å². The van der Waals surface area contributed by atoms with E-state index in [4.69, 9.17) is 9.15 Å². The molecule has 37 heavy (non-hydrogen) atoms. The third kappa shape index (κ3) is 5.78. The first kappa shape index (κ1) is 25.9. The Bertz CT molecular complexity index is 1690. The highest BCUT2D eigenvalue weighted by Gasteiger charge is 2.26. The molecule has 3 aromatic carbocycles. The Labute approximate surface area is 213 Å². The summed E-state index contributed by atoms with van der Waals surface area (Å²) in [6, 6.07) is 18.5. The van der Waals surface area contributed by atoms with Gasteiger partial charge in [-0.25, -0.2) is 22.8 Å². The molecule has 11 nitrogen and oxygen atoms in total. The normalized spacial score (nSPS) is 11.6. The van der Waals surface area contributed by atoms with Crippen LogP contribution in [0.4, 0.5) is 17.4 Å². The molecule has 13 heteroatoms. The molecule has 3 N–H and O–H groups in total. The second-order valence-electron chi connectivity index (χ2n) is 8.06. The number of ether oxygens (including phenoxy) is 1. The Kier molecular flexibility index (Phi) is 7.01. The Hall–Kier alpha value is -4.23. The van der Waals surface area contributed by atoms with E-state index >= 15 is 0 Å². The first-order chi connectivity index (χ1) is 17.5. The molecule has 0 saturated carbocycles. The molecule has 0 bridgehead atoms. The van der Waals surface area contributed by atoms with Crippen molar-refractivity contribution in [3.8, 4) is 5.75 Å². The van der Waals surface area contributed by atoms with Crippen molar-refractivity contribution in [2.75, 3.05) is 22.0 Å². The summed E-state index contributed by atoms with van der Waals surface area (Å²) in [5.74, 6) is -1.54. The second kappa shape index (κ2) is 10.0. The molecule has 4 aromatic rings. The monoisotopic (exact) mass is 544 g/mol. The van der Waals surface area contributed by atoms with Crippen LogP contribution in [-0.4, -0.2) is 28.6 Å². The van der Waals surface area contributed by atoms with Crippen LogP contribution in [0.3, 0.4) is 0 Å². The fourth-order valence-corrected chi connectivity index (χ4v) is 5.27. The van der Waals surface area contributed by atoms with Gasteiger partial charge >= 0.3 is 5.76 Å². The van der Waals surface area contributed by atoms with E-state index in [0.717, 1.165) is 11.1 Å². The molecule has 0 unspecified atom stereocenters. The fourth-order valence-electron chi connectivity index (χ4n) is 3.27. The first-order valence-corrected chi connectivity index (χ1v) is 13.8. The van der Waals surface area contributed by atoms with E-state index < -0.39 is 31.7 Å². The van der Waals surface area contributed by atoms with Crippen molar-refractivity contribution in [2.24, 2.45) is 0 Å². The van der Waals surface area contributed by atoms with Gasteiger partial charge in [0, 0.05) is 11.8 Å². The van der Waals surface area contributed by atoms with Gasteiger partial charge in [0.2, 0.25) is 0 Å². The highest BCUT2D eigenvalue weighted by molar-refractivity contribution is 7.93. The molecule has 0 saturated heterocycles. The molecule has 0 spiro atoms. The minimum atomic E-state index is -4.26. The zero-order valence-electron chi connectivity index (χ0n) is 20.0. The predicted molar refractivity (Wildman–Crippen MR) is 139 cm³/mol. The number of hydrogen-bond donors (Lipinski definition) is 3. The van der Waals surface area contributed by atoms with Crippen molar-refractivity contribution < 1.29 is 26.0 Å². The molecule has 1 heterocycles. The lowest BCUT2D eigenvalue weighted by atomic mass is 10.2. The van der Waals surface area contributed by atoms with Crippen LogP contribution >= 0.6 is 0 Å². The van der Waals surface area contributed by atoms with E-state index in [1.807, 2.05) is 0 Å². The van der Waals surface area contributed by atoms with Crippen molar-refractivity contribution >= 4 is 37.4 Å². The minimum Gasteiger partial charge on any atom is -0.497 e. The highest BCUT2D eigenvalue weighted by atomic mass is 32.2. The summed E-state index contributed by atoms with van der Waals surface area (Å²) in [6.07, 6.45) is 0. The fraction of sp³-hybridized carbons (Fsp3) is 0.125. The number of aryl methyl sites for hydroxylation is 2. The average molecular weight is 545 g/mol. The van der Waals surface area contributed by atoms with Gasteiger partial charge in [-0.15, -0.1) is 0 Å². The molecule has 0 radical (unpaired) electrons. The van der Waals surface area contributed by atoms with Crippen LogP contribution in [0.1, 0.15) is 11.1 Å². The number of aromatic nitrogens is 1. The summed E-state index contributed by atoms with van der Waals surface area (Å²) in [7, 11) is -6.99. The lowest BCUT2D eigenvalue weighted by Gasteiger charge is -2.14. The molecule has 0 aliphatic rings. The summed E-state index contributed by atoms with van der Waals surface area (Å²) < 4.78 is 65.2. The maximum absolute atomic E-state index is 13.0. The van der Waals surface area contributed by atoms with Crippen LogP contribution in [0, 0.1) is 13.8 Å². The lowest BCUT2D eigenvalue weighted by molar-refractivity contribution is 0.415. The van der Waals surface area contributed by atoms with Crippen LogP contribution in [0.2, 0.25) is 0 Å². The van der Waals surface area contributed by atoms with Gasteiger partial charge in [-0.05, 0) is 50.2 Å².